The van der Waals surface area contributed by atoms with Gasteiger partial charge in [0.25, 0.3) is 0 Å². The Morgan fingerprint density at radius 2 is 2.14 bits per heavy atom. The number of carbonyl (C=O) groups excluding carboxylic acids is 1. The Bertz CT molecular complexity index is 613. The van der Waals surface area contributed by atoms with Crippen LogP contribution in [0.1, 0.15) is 26.2 Å². The van der Waals surface area contributed by atoms with Crippen LogP contribution in [0.25, 0.3) is 10.9 Å². The molecule has 1 aromatic heterocycles. The van der Waals surface area contributed by atoms with Gasteiger partial charge in [0.2, 0.25) is 5.91 Å². The molecule has 112 valence electrons. The van der Waals surface area contributed by atoms with Crippen LogP contribution in [0.15, 0.2) is 30.5 Å². The molecule has 1 amide bonds. The molecule has 1 saturated heterocycles. The van der Waals surface area contributed by atoms with Crippen molar-refractivity contribution in [2.45, 2.75) is 26.2 Å². The zero-order chi connectivity index (χ0) is 14.7. The lowest BCUT2D eigenvalue weighted by Gasteiger charge is -2.27. The van der Waals surface area contributed by atoms with Gasteiger partial charge in [0.1, 0.15) is 0 Å². The minimum absolute atomic E-state index is 0.120. The lowest BCUT2D eigenvalue weighted by Crippen LogP contribution is -2.32. The fourth-order valence-electron chi connectivity index (χ4n) is 3.27. The first-order chi connectivity index (χ1) is 10.2. The van der Waals surface area contributed by atoms with Gasteiger partial charge in [-0.15, -0.1) is 0 Å². The largest absolute Gasteiger partial charge is 0.361 e. The zero-order valence-corrected chi connectivity index (χ0v) is 12.5. The summed E-state index contributed by atoms with van der Waals surface area (Å²) in [6, 6.07) is 7.94. The first-order valence-electron chi connectivity index (χ1n) is 7.80. The number of piperidine rings is 1. The Kier molecular flexibility index (Phi) is 4.25. The van der Waals surface area contributed by atoms with E-state index in [0.29, 0.717) is 18.3 Å². The van der Waals surface area contributed by atoms with E-state index in [0.717, 1.165) is 29.7 Å². The summed E-state index contributed by atoms with van der Waals surface area (Å²) in [6.45, 7) is 4.37. The minimum Gasteiger partial charge on any atom is -0.361 e. The van der Waals surface area contributed by atoms with Crippen molar-refractivity contribution in [1.82, 2.24) is 10.3 Å². The Morgan fingerprint density at radius 1 is 1.33 bits per heavy atom. The normalized spacial score (nSPS) is 17.8. The van der Waals surface area contributed by atoms with Gasteiger partial charge in [-0.2, -0.15) is 0 Å². The number of H-pyrrole nitrogens is 1. The highest BCUT2D eigenvalue weighted by molar-refractivity contribution is 6.01. The second kappa shape index (κ2) is 6.31. The molecular weight excluding hydrogens is 262 g/mol. The fraction of sp³-hybridized carbons (Fsp3) is 0.471. The SMILES string of the molecule is CC(CC(=O)Nc1cccc2[nH]ccc12)C1CCNCC1. The minimum atomic E-state index is 0.120. The molecule has 4 heteroatoms. The molecular formula is C17H23N3O. The van der Waals surface area contributed by atoms with Crippen LogP contribution in [0.5, 0.6) is 0 Å². The van der Waals surface area contributed by atoms with E-state index in [2.05, 4.69) is 22.5 Å². The number of nitrogens with one attached hydrogen (secondary N) is 3. The number of fused-ring (bicyclic) bond motifs is 1. The van der Waals surface area contributed by atoms with E-state index < -0.39 is 0 Å². The molecule has 2 heterocycles. The summed E-state index contributed by atoms with van der Waals surface area (Å²) in [4.78, 5) is 15.5. The lowest BCUT2D eigenvalue weighted by atomic mass is 9.84. The number of amides is 1. The van der Waals surface area contributed by atoms with Crippen molar-refractivity contribution in [2.75, 3.05) is 18.4 Å². The number of hydrogen-bond donors (Lipinski definition) is 3. The maximum atomic E-state index is 12.3. The van der Waals surface area contributed by atoms with Crippen molar-refractivity contribution in [3.05, 3.63) is 30.5 Å². The summed E-state index contributed by atoms with van der Waals surface area (Å²) >= 11 is 0. The number of aromatic amines is 1. The molecule has 21 heavy (non-hydrogen) atoms. The molecule has 3 rings (SSSR count). The number of anilines is 1. The third-order valence-electron chi connectivity index (χ3n) is 4.56. The van der Waals surface area contributed by atoms with Gasteiger partial charge >= 0.3 is 0 Å². The summed E-state index contributed by atoms with van der Waals surface area (Å²) in [7, 11) is 0. The maximum Gasteiger partial charge on any atom is 0.224 e. The van der Waals surface area contributed by atoms with Crippen LogP contribution >= 0.6 is 0 Å². The van der Waals surface area contributed by atoms with Gasteiger partial charge in [0, 0.05) is 23.5 Å². The van der Waals surface area contributed by atoms with E-state index >= 15 is 0 Å². The van der Waals surface area contributed by atoms with Crippen LogP contribution in [0.3, 0.4) is 0 Å². The van der Waals surface area contributed by atoms with Crippen LogP contribution in [0.2, 0.25) is 0 Å². The summed E-state index contributed by atoms with van der Waals surface area (Å²) in [5.74, 6) is 1.23. The fourth-order valence-corrected chi connectivity index (χ4v) is 3.27. The standard InChI is InChI=1S/C17H23N3O/c1-12(13-5-8-18-9-6-13)11-17(21)20-16-4-2-3-15-14(16)7-10-19-15/h2-4,7,10,12-13,18-19H,5-6,8-9,11H2,1H3,(H,20,21). The molecule has 0 saturated carbocycles. The van der Waals surface area contributed by atoms with Gasteiger partial charge < -0.3 is 15.6 Å². The Hall–Kier alpha value is -1.81. The van der Waals surface area contributed by atoms with Gasteiger partial charge in [0.15, 0.2) is 0 Å². The number of carbonyl (C=O) groups is 1. The highest BCUT2D eigenvalue weighted by Crippen LogP contribution is 2.26. The number of hydrogen-bond acceptors (Lipinski definition) is 2. The van der Waals surface area contributed by atoms with Crippen molar-refractivity contribution in [1.29, 1.82) is 0 Å². The average Bonchev–Trinajstić information content (AvgIpc) is 2.97. The number of rotatable bonds is 4. The molecule has 1 aliphatic rings. The molecule has 3 N–H and O–H groups in total. The Balaban J connectivity index is 1.62. The average molecular weight is 285 g/mol. The van der Waals surface area contributed by atoms with Gasteiger partial charge in [-0.1, -0.05) is 13.0 Å². The Morgan fingerprint density at radius 3 is 2.95 bits per heavy atom. The molecule has 0 bridgehead atoms. The van der Waals surface area contributed by atoms with E-state index in [9.17, 15) is 4.79 Å². The van der Waals surface area contributed by atoms with Gasteiger partial charge in [-0.05, 0) is 56.0 Å². The molecule has 1 fully saturated rings. The van der Waals surface area contributed by atoms with Crippen molar-refractivity contribution in [2.24, 2.45) is 11.8 Å². The number of aromatic nitrogens is 1. The quantitative estimate of drug-likeness (QED) is 0.808. The molecule has 1 aromatic carbocycles. The van der Waals surface area contributed by atoms with E-state index in [4.69, 9.17) is 0 Å². The predicted octanol–water partition coefficient (Wildman–Crippen LogP) is 3.13. The van der Waals surface area contributed by atoms with E-state index in [-0.39, 0.29) is 5.91 Å². The van der Waals surface area contributed by atoms with Crippen LogP contribution in [-0.2, 0) is 4.79 Å². The molecule has 0 radical (unpaired) electrons. The first-order valence-corrected chi connectivity index (χ1v) is 7.80. The first kappa shape index (κ1) is 14.1. The molecule has 1 unspecified atom stereocenters. The van der Waals surface area contributed by atoms with Crippen LogP contribution in [0, 0.1) is 11.8 Å². The van der Waals surface area contributed by atoms with E-state index in [1.54, 1.807) is 0 Å². The van der Waals surface area contributed by atoms with Crippen LogP contribution in [-0.4, -0.2) is 24.0 Å². The van der Waals surface area contributed by atoms with Gasteiger partial charge in [-0.3, -0.25) is 4.79 Å². The summed E-state index contributed by atoms with van der Waals surface area (Å²) < 4.78 is 0. The zero-order valence-electron chi connectivity index (χ0n) is 12.5. The van der Waals surface area contributed by atoms with E-state index in [1.165, 1.54) is 12.8 Å². The third kappa shape index (κ3) is 3.27. The van der Waals surface area contributed by atoms with Crippen molar-refractivity contribution >= 4 is 22.5 Å². The second-order valence-electron chi connectivity index (χ2n) is 6.06. The summed E-state index contributed by atoms with van der Waals surface area (Å²) in [6.07, 6.45) is 4.87. The van der Waals surface area contributed by atoms with Gasteiger partial charge in [-0.25, -0.2) is 0 Å². The molecule has 1 aliphatic heterocycles. The highest BCUT2D eigenvalue weighted by atomic mass is 16.1. The second-order valence-corrected chi connectivity index (χ2v) is 6.06. The van der Waals surface area contributed by atoms with Crippen LogP contribution in [0.4, 0.5) is 5.69 Å². The van der Waals surface area contributed by atoms with Crippen molar-refractivity contribution in [3.8, 4) is 0 Å². The maximum absolute atomic E-state index is 12.3. The van der Waals surface area contributed by atoms with Gasteiger partial charge in [0.05, 0.1) is 5.69 Å². The van der Waals surface area contributed by atoms with Crippen LogP contribution < -0.4 is 10.6 Å². The Labute approximate surface area is 125 Å². The molecule has 1 atom stereocenters. The summed E-state index contributed by atoms with van der Waals surface area (Å²) in [5.41, 5.74) is 1.95. The lowest BCUT2D eigenvalue weighted by molar-refractivity contribution is -0.117. The molecule has 0 spiro atoms. The topological polar surface area (TPSA) is 56.9 Å². The number of benzene rings is 1. The summed E-state index contributed by atoms with van der Waals surface area (Å²) in [5, 5.41) is 7.51. The van der Waals surface area contributed by atoms with Crippen molar-refractivity contribution in [3.63, 3.8) is 0 Å². The molecule has 2 aromatic rings. The predicted molar refractivity (Wildman–Crippen MR) is 86.3 cm³/mol. The third-order valence-corrected chi connectivity index (χ3v) is 4.56. The highest BCUT2D eigenvalue weighted by Gasteiger charge is 2.22. The monoisotopic (exact) mass is 285 g/mol. The smallest absolute Gasteiger partial charge is 0.224 e. The molecule has 4 nitrogen and oxygen atoms in total. The van der Waals surface area contributed by atoms with E-state index in [1.807, 2.05) is 30.5 Å². The molecule has 0 aliphatic carbocycles. The van der Waals surface area contributed by atoms with Crippen molar-refractivity contribution < 1.29 is 4.79 Å².